The highest BCUT2D eigenvalue weighted by atomic mass is 28.6. The van der Waals surface area contributed by atoms with Crippen LogP contribution in [-0.2, 0) is 49.4 Å². The van der Waals surface area contributed by atoms with E-state index < -0.39 is 70.4 Å². The van der Waals surface area contributed by atoms with Gasteiger partial charge in [0.05, 0.1) is 0 Å². The molecular formula is C30H68O12Si8. The first-order valence-corrected chi connectivity index (χ1v) is 35.8. The lowest BCUT2D eigenvalue weighted by Gasteiger charge is -2.63. The lowest BCUT2D eigenvalue weighted by molar-refractivity contribution is -0.0289. The Morgan fingerprint density at radius 3 is 0.600 bits per heavy atom. The van der Waals surface area contributed by atoms with Crippen molar-refractivity contribution in [3.8, 4) is 0 Å². The number of rotatable bonds is 22. The molecular weight excluding hydrogens is 777 g/mol. The lowest BCUT2D eigenvalue weighted by Crippen LogP contribution is -2.88. The van der Waals surface area contributed by atoms with Gasteiger partial charge in [0.15, 0.2) is 0 Å². The van der Waals surface area contributed by atoms with Crippen LogP contribution in [0.4, 0.5) is 0 Å². The number of hydrogen-bond donors (Lipinski definition) is 0. The van der Waals surface area contributed by atoms with Crippen molar-refractivity contribution >= 4 is 70.4 Å². The van der Waals surface area contributed by atoms with E-state index in [0.29, 0.717) is 48.4 Å². The van der Waals surface area contributed by atoms with E-state index >= 15 is 0 Å². The minimum Gasteiger partial charge on any atom is -0.373 e. The highest BCUT2D eigenvalue weighted by Gasteiger charge is 2.81. The Morgan fingerprint density at radius 1 is 0.220 bits per heavy atom. The van der Waals surface area contributed by atoms with Crippen molar-refractivity contribution in [1.82, 2.24) is 0 Å². The summed E-state index contributed by atoms with van der Waals surface area (Å²) < 4.78 is 87.0. The molecule has 292 valence electrons. The minimum atomic E-state index is -3.65. The standard InChI is InChI=1S/C30H68O12Si8/c1-9-17-18-19-20-21-22-23-24-25-26-27-28-29-30-50-40-47(14-6)34-44(11-3)31-43(10-2)32-45(12-4,36-47)38-49(16-8,42-50)39-46(13-5,33-43)37-48(15-7,35-44)41-50/h9-30H2,1-8H3. The van der Waals surface area contributed by atoms with Gasteiger partial charge < -0.3 is 49.4 Å². The second-order valence-electron chi connectivity index (χ2n) is 14.5. The van der Waals surface area contributed by atoms with E-state index in [2.05, 4.69) is 6.92 Å². The molecule has 0 unspecified atom stereocenters. The maximum Gasteiger partial charge on any atom is 0.478 e. The predicted octanol–water partition coefficient (Wildman–Crippen LogP) is 9.39. The Labute approximate surface area is 312 Å². The van der Waals surface area contributed by atoms with Crippen LogP contribution in [0.3, 0.4) is 0 Å². The topological polar surface area (TPSA) is 111 Å². The lowest BCUT2D eigenvalue weighted by atomic mass is 10.0. The Balaban J connectivity index is 1.39. The first-order chi connectivity index (χ1) is 24.0. The fourth-order valence-corrected chi connectivity index (χ4v) is 57.3. The van der Waals surface area contributed by atoms with Gasteiger partial charge in [0.2, 0.25) is 0 Å². The molecule has 0 N–H and O–H groups in total. The Kier molecular flexibility index (Phi) is 14.9. The first-order valence-electron chi connectivity index (χ1n) is 20.4. The molecule has 6 aliphatic heterocycles. The van der Waals surface area contributed by atoms with E-state index in [9.17, 15) is 0 Å². The van der Waals surface area contributed by atoms with Crippen molar-refractivity contribution in [2.45, 2.75) is 194 Å². The summed E-state index contributed by atoms with van der Waals surface area (Å²) in [5.41, 5.74) is 0. The average molecular weight is 846 g/mol. The maximum absolute atomic E-state index is 7.37. The Bertz CT molecular complexity index is 976. The minimum absolute atomic E-state index is 0.472. The van der Waals surface area contributed by atoms with Gasteiger partial charge in [-0.1, -0.05) is 139 Å². The van der Waals surface area contributed by atoms with Crippen molar-refractivity contribution in [2.24, 2.45) is 0 Å². The largest absolute Gasteiger partial charge is 0.478 e. The highest BCUT2D eigenvalue weighted by molar-refractivity contribution is 7.03. The van der Waals surface area contributed by atoms with Gasteiger partial charge >= 0.3 is 70.4 Å². The molecule has 0 amide bonds. The van der Waals surface area contributed by atoms with E-state index in [0.717, 1.165) is 12.8 Å². The molecule has 0 aliphatic carbocycles. The highest BCUT2D eigenvalue weighted by Crippen LogP contribution is 2.53. The van der Waals surface area contributed by atoms with Crippen LogP contribution in [0.2, 0.25) is 48.4 Å². The van der Waals surface area contributed by atoms with Gasteiger partial charge in [0, 0.05) is 48.4 Å². The fraction of sp³-hybridized carbons (Fsp3) is 1.00. The smallest absolute Gasteiger partial charge is 0.373 e. The van der Waals surface area contributed by atoms with Crippen LogP contribution in [0.5, 0.6) is 0 Å². The summed E-state index contributed by atoms with van der Waals surface area (Å²) in [6.45, 7) is 16.5. The Morgan fingerprint density at radius 2 is 0.400 bits per heavy atom. The zero-order valence-corrected chi connectivity index (χ0v) is 40.5. The van der Waals surface area contributed by atoms with E-state index in [1.165, 1.54) is 77.0 Å². The summed E-state index contributed by atoms with van der Waals surface area (Å²) in [6.07, 6.45) is 18.0. The van der Waals surface area contributed by atoms with E-state index in [1.54, 1.807) is 0 Å². The summed E-state index contributed by atoms with van der Waals surface area (Å²) in [5, 5.41) is 0. The van der Waals surface area contributed by atoms with Crippen molar-refractivity contribution in [3.63, 3.8) is 0 Å². The summed E-state index contributed by atoms with van der Waals surface area (Å²) in [6, 6.07) is 3.93. The van der Waals surface area contributed by atoms with Crippen LogP contribution < -0.4 is 0 Å². The second-order valence-corrected chi connectivity index (χ2v) is 40.7. The van der Waals surface area contributed by atoms with Gasteiger partial charge in [-0.05, 0) is 6.42 Å². The van der Waals surface area contributed by atoms with Crippen molar-refractivity contribution in [1.29, 1.82) is 0 Å². The Hall–Kier alpha value is 1.26. The SMILES string of the molecule is CCCCCCCCCCCCCCCC[Si]12O[Si]3(CC)O[Si]4(CC)O[Si]5(CC)O[Si](CC)(O3)O[Si](CC)(O[Si](CC)(O5)O[Si](CC)(O4)O1)O2. The van der Waals surface area contributed by atoms with Crippen LogP contribution in [0.25, 0.3) is 0 Å². The summed E-state index contributed by atoms with van der Waals surface area (Å²) in [4.78, 5) is 0. The van der Waals surface area contributed by atoms with E-state index in [4.69, 9.17) is 49.4 Å². The third-order valence-electron chi connectivity index (χ3n) is 10.6. The quantitative estimate of drug-likeness (QED) is 0.0765. The molecule has 0 atom stereocenters. The number of hydrogen-bond acceptors (Lipinski definition) is 12. The first kappa shape index (κ1) is 42.4. The van der Waals surface area contributed by atoms with Crippen LogP contribution >= 0.6 is 0 Å². The molecule has 6 heterocycles. The van der Waals surface area contributed by atoms with E-state index in [1.807, 2.05) is 48.5 Å². The van der Waals surface area contributed by atoms with Crippen LogP contribution in [0, 0.1) is 0 Å². The van der Waals surface area contributed by atoms with Gasteiger partial charge in [-0.3, -0.25) is 0 Å². The molecule has 50 heavy (non-hydrogen) atoms. The molecule has 12 nitrogen and oxygen atoms in total. The molecule has 8 bridgehead atoms. The van der Waals surface area contributed by atoms with Gasteiger partial charge in [-0.15, -0.1) is 0 Å². The molecule has 0 aromatic heterocycles. The van der Waals surface area contributed by atoms with Crippen LogP contribution in [0.1, 0.15) is 145 Å². The number of unbranched alkanes of at least 4 members (excludes halogenated alkanes) is 13. The molecule has 20 heteroatoms. The third-order valence-corrected chi connectivity index (χ3v) is 47.5. The molecule has 0 saturated carbocycles. The summed E-state index contributed by atoms with van der Waals surface area (Å²) >= 11 is 0. The molecule has 6 fully saturated rings. The second kappa shape index (κ2) is 17.6. The van der Waals surface area contributed by atoms with Gasteiger partial charge in [-0.2, -0.15) is 0 Å². The molecule has 6 rings (SSSR count). The summed E-state index contributed by atoms with van der Waals surface area (Å²) in [5.74, 6) is 0. The van der Waals surface area contributed by atoms with Crippen molar-refractivity contribution in [2.75, 3.05) is 0 Å². The van der Waals surface area contributed by atoms with Gasteiger partial charge in [0.1, 0.15) is 0 Å². The molecule has 0 aromatic carbocycles. The molecule has 0 aromatic rings. The van der Waals surface area contributed by atoms with Gasteiger partial charge in [0.25, 0.3) is 0 Å². The predicted molar refractivity (Wildman–Crippen MR) is 208 cm³/mol. The molecule has 0 radical (unpaired) electrons. The molecule has 6 saturated heterocycles. The molecule has 6 aliphatic rings. The summed E-state index contributed by atoms with van der Waals surface area (Å²) in [7, 11) is -28.8. The fourth-order valence-electron chi connectivity index (χ4n) is 7.55. The third kappa shape index (κ3) is 9.27. The average Bonchev–Trinajstić information content (AvgIpc) is 3.07. The normalized spacial score (nSPS) is 42.2. The van der Waals surface area contributed by atoms with Gasteiger partial charge in [-0.25, -0.2) is 0 Å². The zero-order chi connectivity index (χ0) is 36.0. The van der Waals surface area contributed by atoms with Crippen LogP contribution in [0.15, 0.2) is 0 Å². The molecule has 0 spiro atoms. The van der Waals surface area contributed by atoms with Crippen molar-refractivity contribution < 1.29 is 49.4 Å². The monoisotopic (exact) mass is 844 g/mol. The maximum atomic E-state index is 7.37. The zero-order valence-electron chi connectivity index (χ0n) is 32.5. The van der Waals surface area contributed by atoms with Crippen LogP contribution in [-0.4, -0.2) is 70.4 Å². The van der Waals surface area contributed by atoms with E-state index in [-0.39, 0.29) is 0 Å². The van der Waals surface area contributed by atoms with Crippen molar-refractivity contribution in [3.05, 3.63) is 0 Å².